The van der Waals surface area contributed by atoms with E-state index in [-0.39, 0.29) is 0 Å². The van der Waals surface area contributed by atoms with E-state index in [1.165, 1.54) is 49.7 Å². The van der Waals surface area contributed by atoms with Crippen LogP contribution in [0.3, 0.4) is 0 Å². The first-order valence-corrected chi connectivity index (χ1v) is 21.0. The minimum absolute atomic E-state index is 0.628. The molecule has 0 radical (unpaired) electrons. The Morgan fingerprint density at radius 2 is 1.16 bits per heavy atom. The summed E-state index contributed by atoms with van der Waals surface area (Å²) in [5, 5.41) is 6.00. The van der Waals surface area contributed by atoms with Crippen molar-refractivity contribution in [2.24, 2.45) is 0 Å². The van der Waals surface area contributed by atoms with Crippen molar-refractivity contribution in [2.75, 3.05) is 4.90 Å². The van der Waals surface area contributed by atoms with Crippen LogP contribution in [0.1, 0.15) is 17.7 Å². The predicted octanol–water partition coefficient (Wildman–Crippen LogP) is 15.5. The lowest BCUT2D eigenvalue weighted by Crippen LogP contribution is -2.10. The van der Waals surface area contributed by atoms with Gasteiger partial charge in [0, 0.05) is 44.8 Å². The molecule has 61 heavy (non-hydrogen) atoms. The van der Waals surface area contributed by atoms with Crippen molar-refractivity contribution < 1.29 is 4.42 Å². The number of fused-ring (bicyclic) bond motifs is 7. The molecule has 11 aromatic rings. The first-order valence-electron chi connectivity index (χ1n) is 21.0. The van der Waals surface area contributed by atoms with Crippen molar-refractivity contribution in [3.63, 3.8) is 0 Å². The van der Waals surface area contributed by atoms with Gasteiger partial charge in [-0.25, -0.2) is 4.98 Å². The van der Waals surface area contributed by atoms with Crippen molar-refractivity contribution in [1.29, 1.82) is 0 Å². The van der Waals surface area contributed by atoms with Crippen LogP contribution in [0.25, 0.3) is 89.0 Å². The maximum absolute atomic E-state index is 6.33. The fourth-order valence-electron chi connectivity index (χ4n) is 9.43. The third kappa shape index (κ3) is 5.95. The molecular formula is C57H39N3O. The highest BCUT2D eigenvalue weighted by Gasteiger charge is 2.22. The maximum Gasteiger partial charge on any atom is 0.227 e. The molecule has 0 saturated carbocycles. The van der Waals surface area contributed by atoms with Crippen LogP contribution >= 0.6 is 0 Å². The number of benzene rings is 9. The molecular weight excluding hydrogens is 743 g/mol. The molecule has 1 aliphatic rings. The van der Waals surface area contributed by atoms with E-state index in [1.807, 2.05) is 36.4 Å². The van der Waals surface area contributed by atoms with Gasteiger partial charge in [-0.3, -0.25) is 0 Å². The summed E-state index contributed by atoms with van der Waals surface area (Å²) in [5.41, 5.74) is 15.6. The van der Waals surface area contributed by atoms with E-state index >= 15 is 0 Å². The van der Waals surface area contributed by atoms with Crippen LogP contribution < -0.4 is 4.90 Å². The standard InChI is InChI=1S/C57H39N3O/c1-3-14-42(15-4-1)57-58-56-54(61-57)36-29-41-17-12-23-49(55(41)56)40-27-32-45(33-28-40)59(44-30-25-39(26-31-44)48-22-11-16-38-13-7-8-20-47(38)48)46-34-35-53-51(37-46)50-21-9-10-24-52(50)60(53)43-18-5-2-6-19-43/h1-8,10-20,22-37H,9,21H2. The van der Waals surface area contributed by atoms with Crippen LogP contribution in [-0.4, -0.2) is 9.55 Å². The zero-order chi connectivity index (χ0) is 40.3. The molecule has 0 atom stereocenters. The van der Waals surface area contributed by atoms with Crippen LogP contribution in [0.15, 0.2) is 211 Å². The second-order valence-electron chi connectivity index (χ2n) is 15.8. The number of para-hydroxylation sites is 1. The number of rotatable bonds is 7. The van der Waals surface area contributed by atoms with Crippen molar-refractivity contribution in [3.05, 3.63) is 218 Å². The number of hydrogen-bond donors (Lipinski definition) is 0. The summed E-state index contributed by atoms with van der Waals surface area (Å²) in [5.74, 6) is 0.628. The molecule has 0 aliphatic heterocycles. The monoisotopic (exact) mass is 781 g/mol. The lowest BCUT2D eigenvalue weighted by atomic mass is 9.96. The molecule has 0 unspecified atom stereocenters. The lowest BCUT2D eigenvalue weighted by Gasteiger charge is -2.26. The normalized spacial score (nSPS) is 12.4. The number of aryl methyl sites for hydroxylation is 1. The van der Waals surface area contributed by atoms with Crippen molar-refractivity contribution in [1.82, 2.24) is 9.55 Å². The van der Waals surface area contributed by atoms with Crippen LogP contribution in [0.2, 0.25) is 0 Å². The van der Waals surface area contributed by atoms with E-state index in [2.05, 4.69) is 185 Å². The summed E-state index contributed by atoms with van der Waals surface area (Å²) in [7, 11) is 0. The molecule has 4 heteroatoms. The Bertz CT molecular complexity index is 3450. The van der Waals surface area contributed by atoms with E-state index in [1.54, 1.807) is 0 Å². The van der Waals surface area contributed by atoms with Crippen molar-refractivity contribution in [2.45, 2.75) is 12.8 Å². The van der Waals surface area contributed by atoms with Gasteiger partial charge in [-0.15, -0.1) is 0 Å². The quantitative estimate of drug-likeness (QED) is 0.161. The number of allylic oxidation sites excluding steroid dienone is 1. The average molecular weight is 782 g/mol. The Morgan fingerprint density at radius 3 is 1.95 bits per heavy atom. The molecule has 0 fully saturated rings. The number of anilines is 3. The first kappa shape index (κ1) is 35.0. The second kappa shape index (κ2) is 14.4. The average Bonchev–Trinajstić information content (AvgIpc) is 3.92. The molecule has 12 rings (SSSR count). The summed E-state index contributed by atoms with van der Waals surface area (Å²) < 4.78 is 8.75. The number of oxazole rings is 1. The molecule has 9 aromatic carbocycles. The van der Waals surface area contributed by atoms with E-state index < -0.39 is 0 Å². The fraction of sp³-hybridized carbons (Fsp3) is 0.0351. The Balaban J connectivity index is 0.998. The highest BCUT2D eigenvalue weighted by atomic mass is 16.3. The summed E-state index contributed by atoms with van der Waals surface area (Å²) in [6, 6.07) is 71.7. The van der Waals surface area contributed by atoms with Crippen LogP contribution in [-0.2, 0) is 6.42 Å². The molecule has 0 saturated heterocycles. The van der Waals surface area contributed by atoms with Gasteiger partial charge in [0.05, 0.1) is 5.52 Å². The fourth-order valence-corrected chi connectivity index (χ4v) is 9.43. The zero-order valence-electron chi connectivity index (χ0n) is 33.4. The van der Waals surface area contributed by atoms with Gasteiger partial charge in [-0.2, -0.15) is 0 Å². The first-order chi connectivity index (χ1) is 30.2. The molecule has 0 N–H and O–H groups in total. The van der Waals surface area contributed by atoms with Gasteiger partial charge < -0.3 is 13.9 Å². The van der Waals surface area contributed by atoms with Gasteiger partial charge in [-0.05, 0) is 136 Å². The Labute approximate surface area is 353 Å². The van der Waals surface area contributed by atoms with Gasteiger partial charge in [0.25, 0.3) is 0 Å². The third-order valence-electron chi connectivity index (χ3n) is 12.3. The topological polar surface area (TPSA) is 34.2 Å². The molecule has 1 aliphatic carbocycles. The summed E-state index contributed by atoms with van der Waals surface area (Å²) in [6.07, 6.45) is 6.65. The van der Waals surface area contributed by atoms with E-state index in [9.17, 15) is 0 Å². The SMILES string of the molecule is C1=Cc2c(c3cc(N(c4ccc(-c5cccc6ccccc56)cc4)c4ccc(-c5cccc6ccc7oc(-c8ccccc8)nc7c56)cc4)ccc3n2-c2ccccc2)CC1. The van der Waals surface area contributed by atoms with Crippen LogP contribution in [0, 0.1) is 0 Å². The maximum atomic E-state index is 6.33. The minimum atomic E-state index is 0.628. The number of aromatic nitrogens is 2. The summed E-state index contributed by atoms with van der Waals surface area (Å²) in [6.45, 7) is 0. The molecule has 0 amide bonds. The van der Waals surface area contributed by atoms with Gasteiger partial charge in [0.15, 0.2) is 5.58 Å². The predicted molar refractivity (Wildman–Crippen MR) is 254 cm³/mol. The molecule has 0 spiro atoms. The van der Waals surface area contributed by atoms with Gasteiger partial charge >= 0.3 is 0 Å². The lowest BCUT2D eigenvalue weighted by molar-refractivity contribution is 0.620. The smallest absolute Gasteiger partial charge is 0.227 e. The Hall–Kier alpha value is -7.95. The molecule has 288 valence electrons. The Kier molecular flexibility index (Phi) is 8.27. The van der Waals surface area contributed by atoms with E-state index in [4.69, 9.17) is 9.40 Å². The van der Waals surface area contributed by atoms with Gasteiger partial charge in [-0.1, -0.05) is 133 Å². The van der Waals surface area contributed by atoms with E-state index in [0.717, 1.165) is 68.5 Å². The molecule has 4 nitrogen and oxygen atoms in total. The number of hydrogen-bond acceptors (Lipinski definition) is 3. The third-order valence-corrected chi connectivity index (χ3v) is 12.3. The minimum Gasteiger partial charge on any atom is -0.436 e. The second-order valence-corrected chi connectivity index (χ2v) is 15.8. The number of nitrogens with zero attached hydrogens (tertiary/aromatic N) is 3. The van der Waals surface area contributed by atoms with Gasteiger partial charge in [0.2, 0.25) is 5.89 Å². The van der Waals surface area contributed by atoms with Crippen LogP contribution in [0.5, 0.6) is 0 Å². The highest BCUT2D eigenvalue weighted by molar-refractivity contribution is 6.12. The molecule has 2 heterocycles. The summed E-state index contributed by atoms with van der Waals surface area (Å²) in [4.78, 5) is 7.46. The largest absolute Gasteiger partial charge is 0.436 e. The molecule has 0 bridgehead atoms. The van der Waals surface area contributed by atoms with Crippen molar-refractivity contribution >= 4 is 66.7 Å². The molecule has 2 aromatic heterocycles. The summed E-state index contributed by atoms with van der Waals surface area (Å²) >= 11 is 0. The van der Waals surface area contributed by atoms with Crippen molar-refractivity contribution in [3.8, 4) is 39.4 Å². The van der Waals surface area contributed by atoms with Gasteiger partial charge in [0.1, 0.15) is 5.52 Å². The highest BCUT2D eigenvalue weighted by Crippen LogP contribution is 2.43. The van der Waals surface area contributed by atoms with E-state index in [0.29, 0.717) is 5.89 Å². The Morgan fingerprint density at radius 1 is 0.508 bits per heavy atom. The van der Waals surface area contributed by atoms with Crippen LogP contribution in [0.4, 0.5) is 17.1 Å². The zero-order valence-corrected chi connectivity index (χ0v) is 33.4.